The zero-order chi connectivity index (χ0) is 10.7. The summed E-state index contributed by atoms with van der Waals surface area (Å²) in [6.45, 7) is 0. The molecule has 2 aromatic rings. The maximum Gasteiger partial charge on any atom is 0.198 e. The van der Waals surface area contributed by atoms with E-state index >= 15 is 0 Å². The van der Waals surface area contributed by atoms with Crippen molar-refractivity contribution < 1.29 is 0 Å². The summed E-state index contributed by atoms with van der Waals surface area (Å²) < 4.78 is 0. The Morgan fingerprint density at radius 3 is 2.47 bits per heavy atom. The van der Waals surface area contributed by atoms with Crippen LogP contribution in [0.3, 0.4) is 0 Å². The summed E-state index contributed by atoms with van der Waals surface area (Å²) in [7, 11) is 0. The molecule has 0 fully saturated rings. The highest BCUT2D eigenvalue weighted by atomic mass is 35.5. The van der Waals surface area contributed by atoms with E-state index in [0.717, 1.165) is 5.69 Å². The fourth-order valence-corrected chi connectivity index (χ4v) is 1.22. The molecule has 0 unspecified atom stereocenters. The summed E-state index contributed by atoms with van der Waals surface area (Å²) in [5.41, 5.74) is 0.732. The van der Waals surface area contributed by atoms with Crippen molar-refractivity contribution in [1.82, 2.24) is 20.7 Å². The Labute approximate surface area is 96.2 Å². The lowest BCUT2D eigenvalue weighted by molar-refractivity contribution is 0.845. The second kappa shape index (κ2) is 4.42. The number of para-hydroxylation sites is 1. The fourth-order valence-electron chi connectivity index (χ4n) is 0.980. The van der Waals surface area contributed by atoms with Crippen LogP contribution in [-0.2, 0) is 0 Å². The van der Waals surface area contributed by atoms with Gasteiger partial charge >= 0.3 is 0 Å². The van der Waals surface area contributed by atoms with Gasteiger partial charge in [-0.05, 0) is 17.3 Å². The number of halogens is 2. The van der Waals surface area contributed by atoms with Crippen molar-refractivity contribution >= 4 is 34.7 Å². The van der Waals surface area contributed by atoms with Gasteiger partial charge in [0.15, 0.2) is 11.0 Å². The molecule has 0 spiro atoms. The topological polar surface area (TPSA) is 52.8 Å². The molecule has 6 heteroatoms. The van der Waals surface area contributed by atoms with E-state index in [0.29, 0.717) is 0 Å². The van der Waals surface area contributed by atoms with E-state index in [4.69, 9.17) is 23.2 Å². The first-order chi connectivity index (χ1) is 7.27. The van der Waals surface area contributed by atoms with E-state index in [1.54, 1.807) is 0 Å². The summed E-state index contributed by atoms with van der Waals surface area (Å²) in [5, 5.41) is 15.1. The minimum absolute atomic E-state index is 0.0985. The zero-order valence-corrected chi connectivity index (χ0v) is 8.94. The lowest BCUT2D eigenvalue weighted by Crippen LogP contribution is -1.97. The van der Waals surface area contributed by atoms with E-state index in [2.05, 4.69) is 20.7 Å². The van der Waals surface area contributed by atoms with Crippen molar-refractivity contribution in [2.45, 2.75) is 0 Å². The van der Waals surface area contributed by atoms with Crippen molar-refractivity contribution in [1.29, 1.82) is 0 Å². The van der Waals surface area contributed by atoms with Crippen LogP contribution < -0.4 is 5.32 Å². The van der Waals surface area contributed by atoms with Gasteiger partial charge in [0.2, 0.25) is 0 Å². The summed E-state index contributed by atoms with van der Waals surface area (Å²) in [6, 6.07) is 9.27. The molecule has 0 saturated heterocycles. The average Bonchev–Trinajstić information content (AvgIpc) is 2.26. The maximum absolute atomic E-state index is 5.85. The summed E-state index contributed by atoms with van der Waals surface area (Å²) in [6.07, 6.45) is 0. The molecule has 0 bridgehead atoms. The molecule has 0 saturated carbocycles. The third kappa shape index (κ3) is 2.34. The molecular weight excluding hydrogens is 235 g/mol. The molecule has 0 amide bonds. The van der Waals surface area contributed by atoms with Crippen LogP contribution in [0.25, 0.3) is 0 Å². The number of rotatable bonds is 2. The van der Waals surface area contributed by atoms with E-state index in [-0.39, 0.29) is 16.0 Å². The Morgan fingerprint density at radius 1 is 1.00 bits per heavy atom. The highest BCUT2D eigenvalue weighted by Crippen LogP contribution is 2.27. The zero-order valence-electron chi connectivity index (χ0n) is 7.43. The summed E-state index contributed by atoms with van der Waals surface area (Å²) >= 11 is 11.5. The van der Waals surface area contributed by atoms with Crippen molar-refractivity contribution in [2.75, 3.05) is 0 Å². The van der Waals surface area contributed by atoms with Gasteiger partial charge in [0.25, 0.3) is 0 Å². The molecule has 0 aliphatic rings. The first-order valence-electron chi connectivity index (χ1n) is 4.08. The molecule has 0 aliphatic heterocycles. The largest absolute Gasteiger partial charge is 0.226 e. The van der Waals surface area contributed by atoms with E-state index in [1.807, 2.05) is 30.3 Å². The number of hydrogen-bond donors (Lipinski definition) is 0. The maximum atomic E-state index is 5.85. The molecule has 75 valence electrons. The normalized spacial score (nSPS) is 10.0. The molecule has 0 aliphatic carbocycles. The Balaban J connectivity index is 2.29. The van der Waals surface area contributed by atoms with E-state index in [1.165, 1.54) is 0 Å². The smallest absolute Gasteiger partial charge is 0.198 e. The third-order valence-electron chi connectivity index (χ3n) is 1.64. The van der Waals surface area contributed by atoms with Crippen molar-refractivity contribution in [3.05, 3.63) is 40.5 Å². The van der Waals surface area contributed by atoms with Crippen LogP contribution in [0.1, 0.15) is 0 Å². The fraction of sp³-hybridized carbons (Fsp3) is 0. The molecule has 1 heterocycles. The van der Waals surface area contributed by atoms with E-state index in [9.17, 15) is 0 Å². The predicted molar refractivity (Wildman–Crippen MR) is 57.7 cm³/mol. The van der Waals surface area contributed by atoms with Gasteiger partial charge in [0.1, 0.15) is 5.02 Å². The van der Waals surface area contributed by atoms with Gasteiger partial charge in [0, 0.05) is 0 Å². The molecule has 1 radical (unpaired) electrons. The Hall–Kier alpha value is -1.39. The summed E-state index contributed by atoms with van der Waals surface area (Å²) in [4.78, 5) is 0. The standard InChI is InChI=1S/C9H5Cl2N4/c10-7-8(11)13-15-14-9(7)12-6-4-2-1-3-5-6/h1-5H. The van der Waals surface area contributed by atoms with Gasteiger partial charge in [-0.15, -0.1) is 10.2 Å². The Morgan fingerprint density at radius 2 is 1.73 bits per heavy atom. The van der Waals surface area contributed by atoms with Crippen LogP contribution in [0.2, 0.25) is 10.2 Å². The SMILES string of the molecule is Clc1nnnc([N]c2ccccc2)c1Cl. The molecule has 1 aromatic carbocycles. The highest BCUT2D eigenvalue weighted by Gasteiger charge is 2.09. The monoisotopic (exact) mass is 239 g/mol. The first kappa shape index (κ1) is 10.1. The second-order valence-corrected chi connectivity index (χ2v) is 3.40. The minimum atomic E-state index is 0.0985. The van der Waals surface area contributed by atoms with Crippen molar-refractivity contribution in [2.24, 2.45) is 0 Å². The van der Waals surface area contributed by atoms with Crippen LogP contribution in [0.15, 0.2) is 30.3 Å². The first-order valence-corrected chi connectivity index (χ1v) is 4.84. The average molecular weight is 240 g/mol. The van der Waals surface area contributed by atoms with Gasteiger partial charge in [0.05, 0.1) is 5.69 Å². The molecular formula is C9H5Cl2N4. The number of aromatic nitrogens is 3. The lowest BCUT2D eigenvalue weighted by atomic mass is 10.3. The molecule has 15 heavy (non-hydrogen) atoms. The van der Waals surface area contributed by atoms with Crippen molar-refractivity contribution in [3.8, 4) is 0 Å². The lowest BCUT2D eigenvalue weighted by Gasteiger charge is -2.02. The minimum Gasteiger partial charge on any atom is -0.226 e. The van der Waals surface area contributed by atoms with Crippen LogP contribution in [-0.4, -0.2) is 15.4 Å². The molecule has 1 aromatic heterocycles. The molecule has 0 atom stereocenters. The number of hydrogen-bond acceptors (Lipinski definition) is 3. The predicted octanol–water partition coefficient (Wildman–Crippen LogP) is 2.75. The highest BCUT2D eigenvalue weighted by molar-refractivity contribution is 6.42. The third-order valence-corrected chi connectivity index (χ3v) is 2.35. The van der Waals surface area contributed by atoms with E-state index < -0.39 is 0 Å². The van der Waals surface area contributed by atoms with Crippen molar-refractivity contribution in [3.63, 3.8) is 0 Å². The van der Waals surface area contributed by atoms with Gasteiger partial charge in [-0.25, -0.2) is 5.32 Å². The second-order valence-electron chi connectivity index (χ2n) is 2.67. The van der Waals surface area contributed by atoms with Gasteiger partial charge < -0.3 is 0 Å². The van der Waals surface area contributed by atoms with Gasteiger partial charge in [-0.3, -0.25) is 0 Å². The quantitative estimate of drug-likeness (QED) is 0.810. The van der Waals surface area contributed by atoms with Crippen LogP contribution in [0.4, 0.5) is 11.5 Å². The molecule has 0 N–H and O–H groups in total. The molecule has 2 rings (SSSR count). The Kier molecular flexibility index (Phi) is 2.99. The van der Waals surface area contributed by atoms with Crippen LogP contribution >= 0.6 is 23.2 Å². The van der Waals surface area contributed by atoms with Crippen LogP contribution in [0, 0.1) is 0 Å². The number of nitrogens with zero attached hydrogens (tertiary/aromatic N) is 4. The van der Waals surface area contributed by atoms with Gasteiger partial charge in [-0.2, -0.15) is 0 Å². The Bertz CT molecular complexity index is 461. The number of benzene rings is 1. The molecule has 4 nitrogen and oxygen atoms in total. The van der Waals surface area contributed by atoms with Gasteiger partial charge in [-0.1, -0.05) is 41.4 Å². The summed E-state index contributed by atoms with van der Waals surface area (Å²) in [5.74, 6) is 0.267. The van der Waals surface area contributed by atoms with Crippen LogP contribution in [0.5, 0.6) is 0 Å².